The van der Waals surface area contributed by atoms with E-state index in [9.17, 15) is 9.59 Å². The van der Waals surface area contributed by atoms with Crippen LogP contribution in [0.25, 0.3) is 16.6 Å². The van der Waals surface area contributed by atoms with Crippen LogP contribution in [0.3, 0.4) is 0 Å². The maximum atomic E-state index is 12.5. The zero-order valence-corrected chi connectivity index (χ0v) is 15.4. The second kappa shape index (κ2) is 7.07. The summed E-state index contributed by atoms with van der Waals surface area (Å²) in [5.74, 6) is -0.884. The SMILES string of the molecule is Cc1ccc(-n2nnnc2CNC(=O)C(=O)c2c[nH]c3ccccc23)cc1C. The number of H-pyrrole nitrogens is 1. The third-order valence-corrected chi connectivity index (χ3v) is 4.72. The number of aromatic nitrogens is 5. The molecule has 2 aromatic heterocycles. The Kier molecular flexibility index (Phi) is 4.44. The number of amides is 1. The molecule has 2 aromatic carbocycles. The van der Waals surface area contributed by atoms with Gasteiger partial charge in [-0.1, -0.05) is 24.3 Å². The van der Waals surface area contributed by atoms with Crippen LogP contribution in [-0.4, -0.2) is 36.9 Å². The average Bonchev–Trinajstić information content (AvgIpc) is 3.34. The number of rotatable bonds is 5. The number of Topliss-reactive ketones (excluding diaryl/α,β-unsaturated/α-hetero) is 1. The quantitative estimate of drug-likeness (QED) is 0.412. The lowest BCUT2D eigenvalue weighted by atomic mass is 10.1. The van der Waals surface area contributed by atoms with E-state index in [4.69, 9.17) is 0 Å². The molecule has 4 rings (SSSR count). The molecule has 0 unspecified atom stereocenters. The molecule has 0 aliphatic rings. The first kappa shape index (κ1) is 17.6. The molecule has 0 saturated heterocycles. The number of ketones is 1. The van der Waals surface area contributed by atoms with Gasteiger partial charge in [0.2, 0.25) is 0 Å². The molecule has 140 valence electrons. The standard InChI is InChI=1S/C20H18N6O2/c1-12-7-8-14(9-13(12)2)26-18(23-24-25-26)11-22-20(28)19(27)16-10-21-17-6-4-3-5-15(16)17/h3-10,21H,11H2,1-2H3,(H,22,28). The number of hydrogen-bond donors (Lipinski definition) is 2. The summed E-state index contributed by atoms with van der Waals surface area (Å²) in [5, 5.41) is 14.9. The Hall–Kier alpha value is -3.81. The second-order valence-electron chi connectivity index (χ2n) is 6.54. The Labute approximate surface area is 160 Å². The molecule has 2 heterocycles. The Bertz CT molecular complexity index is 1190. The van der Waals surface area contributed by atoms with E-state index in [1.807, 2.05) is 50.2 Å². The van der Waals surface area contributed by atoms with Gasteiger partial charge in [0.05, 0.1) is 17.8 Å². The van der Waals surface area contributed by atoms with Crippen LogP contribution in [0, 0.1) is 13.8 Å². The fourth-order valence-electron chi connectivity index (χ4n) is 3.00. The van der Waals surface area contributed by atoms with Crippen molar-refractivity contribution in [3.8, 4) is 5.69 Å². The van der Waals surface area contributed by atoms with Crippen molar-refractivity contribution >= 4 is 22.6 Å². The number of para-hydroxylation sites is 1. The maximum Gasteiger partial charge on any atom is 0.292 e. The maximum absolute atomic E-state index is 12.5. The number of fused-ring (bicyclic) bond motifs is 1. The number of benzene rings is 2. The molecule has 8 heteroatoms. The van der Waals surface area contributed by atoms with Crippen molar-refractivity contribution in [3.63, 3.8) is 0 Å². The molecule has 0 fully saturated rings. The lowest BCUT2D eigenvalue weighted by Crippen LogP contribution is -2.31. The Balaban J connectivity index is 1.51. The topological polar surface area (TPSA) is 106 Å². The minimum absolute atomic E-state index is 0.0346. The summed E-state index contributed by atoms with van der Waals surface area (Å²) in [6.07, 6.45) is 1.55. The Morgan fingerprint density at radius 2 is 1.93 bits per heavy atom. The fourth-order valence-corrected chi connectivity index (χ4v) is 3.00. The summed E-state index contributed by atoms with van der Waals surface area (Å²) >= 11 is 0. The van der Waals surface area contributed by atoms with Crippen molar-refractivity contribution in [2.45, 2.75) is 20.4 Å². The van der Waals surface area contributed by atoms with Crippen molar-refractivity contribution in [1.82, 2.24) is 30.5 Å². The Morgan fingerprint density at radius 1 is 1.11 bits per heavy atom. The van der Waals surface area contributed by atoms with Gasteiger partial charge in [-0.25, -0.2) is 0 Å². The van der Waals surface area contributed by atoms with Crippen LogP contribution in [-0.2, 0) is 11.3 Å². The summed E-state index contributed by atoms with van der Waals surface area (Å²) in [4.78, 5) is 27.9. The highest BCUT2D eigenvalue weighted by atomic mass is 16.2. The van der Waals surface area contributed by atoms with Gasteiger partial charge in [-0.05, 0) is 53.6 Å². The zero-order chi connectivity index (χ0) is 19.7. The van der Waals surface area contributed by atoms with Gasteiger partial charge in [0, 0.05) is 17.1 Å². The van der Waals surface area contributed by atoms with Crippen molar-refractivity contribution in [2.75, 3.05) is 0 Å². The molecule has 28 heavy (non-hydrogen) atoms. The fraction of sp³-hybridized carbons (Fsp3) is 0.150. The number of tetrazole rings is 1. The Morgan fingerprint density at radius 3 is 2.75 bits per heavy atom. The highest BCUT2D eigenvalue weighted by Crippen LogP contribution is 2.18. The number of aryl methyl sites for hydroxylation is 2. The van der Waals surface area contributed by atoms with Gasteiger partial charge in [-0.15, -0.1) is 5.10 Å². The van der Waals surface area contributed by atoms with Gasteiger partial charge in [-0.2, -0.15) is 4.68 Å². The van der Waals surface area contributed by atoms with Crippen LogP contribution in [0.4, 0.5) is 0 Å². The summed E-state index contributed by atoms with van der Waals surface area (Å²) < 4.78 is 1.54. The lowest BCUT2D eigenvalue weighted by Gasteiger charge is -2.08. The molecule has 0 bridgehead atoms. The van der Waals surface area contributed by atoms with Gasteiger partial charge in [0.1, 0.15) is 0 Å². The largest absolute Gasteiger partial charge is 0.360 e. The number of aromatic amines is 1. The van der Waals surface area contributed by atoms with Gasteiger partial charge >= 0.3 is 0 Å². The molecular weight excluding hydrogens is 356 g/mol. The molecule has 0 aliphatic carbocycles. The zero-order valence-electron chi connectivity index (χ0n) is 15.4. The van der Waals surface area contributed by atoms with Gasteiger partial charge in [-0.3, -0.25) is 9.59 Å². The molecule has 8 nitrogen and oxygen atoms in total. The van der Waals surface area contributed by atoms with E-state index >= 15 is 0 Å². The molecule has 2 N–H and O–H groups in total. The van der Waals surface area contributed by atoms with Gasteiger partial charge in [0.25, 0.3) is 11.7 Å². The first-order valence-electron chi connectivity index (χ1n) is 8.78. The van der Waals surface area contributed by atoms with E-state index in [-0.39, 0.29) is 6.54 Å². The highest BCUT2D eigenvalue weighted by molar-refractivity contribution is 6.44. The minimum Gasteiger partial charge on any atom is -0.360 e. The number of nitrogens with one attached hydrogen (secondary N) is 2. The van der Waals surface area contributed by atoms with Crippen LogP contribution < -0.4 is 5.32 Å². The van der Waals surface area contributed by atoms with Crippen molar-refractivity contribution in [2.24, 2.45) is 0 Å². The molecule has 4 aromatic rings. The molecular formula is C20H18N6O2. The second-order valence-corrected chi connectivity index (χ2v) is 6.54. The van der Waals surface area contributed by atoms with Crippen LogP contribution in [0.2, 0.25) is 0 Å². The summed E-state index contributed by atoms with van der Waals surface area (Å²) in [6.45, 7) is 4.06. The van der Waals surface area contributed by atoms with E-state index in [1.54, 1.807) is 16.9 Å². The molecule has 0 aliphatic heterocycles. The number of nitrogens with zero attached hydrogens (tertiary/aromatic N) is 4. The summed E-state index contributed by atoms with van der Waals surface area (Å²) in [5.41, 5.74) is 4.20. The van der Waals surface area contributed by atoms with E-state index in [1.165, 1.54) is 0 Å². The normalized spacial score (nSPS) is 10.9. The predicted octanol–water partition coefficient (Wildman–Crippen LogP) is 2.26. The summed E-state index contributed by atoms with van der Waals surface area (Å²) in [6, 6.07) is 13.2. The van der Waals surface area contributed by atoms with E-state index in [0.717, 1.165) is 22.3 Å². The smallest absolute Gasteiger partial charge is 0.292 e. The number of carbonyl (C=O) groups excluding carboxylic acids is 2. The van der Waals surface area contributed by atoms with Crippen LogP contribution >= 0.6 is 0 Å². The van der Waals surface area contributed by atoms with Gasteiger partial charge in [0.15, 0.2) is 5.82 Å². The first-order chi connectivity index (χ1) is 13.5. The average molecular weight is 374 g/mol. The van der Waals surface area contributed by atoms with Crippen LogP contribution in [0.1, 0.15) is 27.3 Å². The van der Waals surface area contributed by atoms with Crippen LogP contribution in [0.5, 0.6) is 0 Å². The molecule has 0 atom stereocenters. The predicted molar refractivity (Wildman–Crippen MR) is 103 cm³/mol. The highest BCUT2D eigenvalue weighted by Gasteiger charge is 2.20. The number of carbonyl (C=O) groups is 2. The lowest BCUT2D eigenvalue weighted by molar-refractivity contribution is -0.117. The van der Waals surface area contributed by atoms with Gasteiger partial charge < -0.3 is 10.3 Å². The third kappa shape index (κ3) is 3.16. The van der Waals surface area contributed by atoms with Crippen molar-refractivity contribution in [1.29, 1.82) is 0 Å². The monoisotopic (exact) mass is 374 g/mol. The molecule has 0 spiro atoms. The molecule has 0 radical (unpaired) electrons. The minimum atomic E-state index is -0.709. The van der Waals surface area contributed by atoms with E-state index < -0.39 is 11.7 Å². The number of hydrogen-bond acceptors (Lipinski definition) is 5. The van der Waals surface area contributed by atoms with Crippen molar-refractivity contribution in [3.05, 3.63) is 71.2 Å². The molecule has 1 amide bonds. The van der Waals surface area contributed by atoms with Crippen molar-refractivity contribution < 1.29 is 9.59 Å². The van der Waals surface area contributed by atoms with Crippen LogP contribution in [0.15, 0.2) is 48.7 Å². The van der Waals surface area contributed by atoms with E-state index in [2.05, 4.69) is 25.8 Å². The summed E-state index contributed by atoms with van der Waals surface area (Å²) in [7, 11) is 0. The van der Waals surface area contributed by atoms with E-state index in [0.29, 0.717) is 16.8 Å². The third-order valence-electron chi connectivity index (χ3n) is 4.72. The molecule has 0 saturated carbocycles. The first-order valence-corrected chi connectivity index (χ1v) is 8.78.